The summed E-state index contributed by atoms with van der Waals surface area (Å²) in [5, 5.41) is 17.7. The molecule has 1 atom stereocenters. The zero-order chi connectivity index (χ0) is 15.3. The Morgan fingerprint density at radius 1 is 1.45 bits per heavy atom. The molecule has 0 amide bonds. The van der Waals surface area contributed by atoms with Crippen LogP contribution in [0.2, 0.25) is 0 Å². The van der Waals surface area contributed by atoms with Crippen molar-refractivity contribution in [2.24, 2.45) is 0 Å². The zero-order valence-electron chi connectivity index (χ0n) is 11.2. The summed E-state index contributed by atoms with van der Waals surface area (Å²) >= 11 is 0. The van der Waals surface area contributed by atoms with Gasteiger partial charge in [0.15, 0.2) is 0 Å². The molecule has 1 aromatic rings. The number of sulfonamides is 1. The molecule has 0 aromatic heterocycles. The monoisotopic (exact) mass is 303 g/mol. The molecule has 0 radical (unpaired) electrons. The van der Waals surface area contributed by atoms with Crippen LogP contribution >= 0.6 is 0 Å². The highest BCUT2D eigenvalue weighted by molar-refractivity contribution is 7.89. The largest absolute Gasteiger partial charge is 0.495 e. The summed E-state index contributed by atoms with van der Waals surface area (Å²) < 4.78 is 31.7. The zero-order valence-corrected chi connectivity index (χ0v) is 12.0. The van der Waals surface area contributed by atoms with E-state index in [9.17, 15) is 13.2 Å². The van der Waals surface area contributed by atoms with Crippen LogP contribution in [-0.2, 0) is 10.0 Å². The summed E-state index contributed by atoms with van der Waals surface area (Å²) in [5.41, 5.74) is -0.152. The van der Waals surface area contributed by atoms with Gasteiger partial charge in [0.2, 0.25) is 10.0 Å². The van der Waals surface area contributed by atoms with Gasteiger partial charge in [-0.1, -0.05) is 0 Å². The Bertz CT molecular complexity index is 584. The highest BCUT2D eigenvalue weighted by Gasteiger charge is 2.23. The summed E-state index contributed by atoms with van der Waals surface area (Å²) in [7, 11) is -2.63. The Labute approximate surface area is 117 Å². The van der Waals surface area contributed by atoms with E-state index in [0.717, 1.165) is 6.07 Å². The Kier molecular flexibility index (Phi) is 5.49. The van der Waals surface area contributed by atoms with E-state index < -0.39 is 22.0 Å². The van der Waals surface area contributed by atoms with Crippen molar-refractivity contribution in [1.82, 2.24) is 4.72 Å². The van der Waals surface area contributed by atoms with Crippen LogP contribution in [0.1, 0.15) is 23.7 Å². The van der Waals surface area contributed by atoms with Crippen molar-refractivity contribution >= 4 is 16.0 Å². The average Bonchev–Trinajstić information content (AvgIpc) is 2.37. The van der Waals surface area contributed by atoms with Gasteiger partial charge in [-0.3, -0.25) is 0 Å². The minimum Gasteiger partial charge on any atom is -0.495 e. The molecule has 0 aliphatic rings. The maximum atomic E-state index is 12.2. The molecular formula is C12H17NO6S. The number of carboxylic acid groups (broad SMARTS) is 1. The van der Waals surface area contributed by atoms with Gasteiger partial charge in [0.25, 0.3) is 0 Å². The fraction of sp³-hybridized carbons (Fsp3) is 0.417. The number of ether oxygens (including phenoxy) is 1. The number of carbonyl (C=O) groups is 1. The van der Waals surface area contributed by atoms with Crippen LogP contribution in [0, 0.1) is 0 Å². The molecule has 0 aliphatic carbocycles. The van der Waals surface area contributed by atoms with Crippen LogP contribution in [0.15, 0.2) is 23.1 Å². The van der Waals surface area contributed by atoms with Gasteiger partial charge in [0.1, 0.15) is 10.6 Å². The third-order valence-electron chi connectivity index (χ3n) is 2.62. The topological polar surface area (TPSA) is 113 Å². The lowest BCUT2D eigenvalue weighted by molar-refractivity contribution is 0.0696. The van der Waals surface area contributed by atoms with E-state index >= 15 is 0 Å². The first-order valence-corrected chi connectivity index (χ1v) is 7.34. The molecule has 8 heteroatoms. The first kappa shape index (κ1) is 16.4. The minimum atomic E-state index is -3.93. The smallest absolute Gasteiger partial charge is 0.335 e. The molecule has 0 spiro atoms. The molecule has 20 heavy (non-hydrogen) atoms. The number of aliphatic hydroxyl groups is 1. The third kappa shape index (κ3) is 3.92. The number of aliphatic hydroxyl groups excluding tert-OH is 1. The number of methoxy groups -OCH3 is 1. The molecule has 0 saturated carbocycles. The number of hydrogen-bond acceptors (Lipinski definition) is 5. The van der Waals surface area contributed by atoms with Gasteiger partial charge in [-0.25, -0.2) is 17.9 Å². The maximum absolute atomic E-state index is 12.2. The molecule has 0 aliphatic heterocycles. The molecule has 112 valence electrons. The van der Waals surface area contributed by atoms with E-state index in [-0.39, 0.29) is 29.2 Å². The lowest BCUT2D eigenvalue weighted by atomic mass is 10.2. The molecule has 7 nitrogen and oxygen atoms in total. The highest BCUT2D eigenvalue weighted by Crippen LogP contribution is 2.25. The molecule has 3 N–H and O–H groups in total. The van der Waals surface area contributed by atoms with E-state index in [1.807, 2.05) is 0 Å². The number of aromatic carboxylic acids is 1. The predicted molar refractivity (Wildman–Crippen MR) is 71.4 cm³/mol. The van der Waals surface area contributed by atoms with Gasteiger partial charge in [-0.15, -0.1) is 0 Å². The SMILES string of the molecule is COc1ccc(C(=O)O)cc1S(=O)(=O)NC(C)CCO. The van der Waals surface area contributed by atoms with Gasteiger partial charge >= 0.3 is 5.97 Å². The standard InChI is InChI=1S/C12H17NO6S/c1-8(5-6-14)13-20(17,18)11-7-9(12(15)16)3-4-10(11)19-2/h3-4,7-8,13-14H,5-6H2,1-2H3,(H,15,16). The molecule has 1 rings (SSSR count). The fourth-order valence-electron chi connectivity index (χ4n) is 1.60. The summed E-state index contributed by atoms with van der Waals surface area (Å²) in [5.74, 6) is -1.17. The van der Waals surface area contributed by atoms with E-state index in [4.69, 9.17) is 14.9 Å². The van der Waals surface area contributed by atoms with Crippen molar-refractivity contribution in [2.45, 2.75) is 24.3 Å². The summed E-state index contributed by atoms with van der Waals surface area (Å²) in [6.07, 6.45) is 0.250. The molecule has 1 unspecified atom stereocenters. The number of carboxylic acids is 1. The normalized spacial score (nSPS) is 12.9. The van der Waals surface area contributed by atoms with Crippen molar-refractivity contribution < 1.29 is 28.2 Å². The van der Waals surface area contributed by atoms with E-state index in [1.165, 1.54) is 19.2 Å². The molecule has 0 fully saturated rings. The number of rotatable bonds is 7. The lowest BCUT2D eigenvalue weighted by Gasteiger charge is -2.15. The van der Waals surface area contributed by atoms with Crippen LogP contribution in [0.25, 0.3) is 0 Å². The molecule has 0 saturated heterocycles. The van der Waals surface area contributed by atoms with Gasteiger partial charge in [-0.2, -0.15) is 0 Å². The van der Waals surface area contributed by atoms with Crippen molar-refractivity contribution in [3.8, 4) is 5.75 Å². The predicted octanol–water partition coefficient (Wildman–Crippen LogP) is 0.443. The Hall–Kier alpha value is -1.64. The Morgan fingerprint density at radius 2 is 2.10 bits per heavy atom. The molecule has 0 bridgehead atoms. The van der Waals surface area contributed by atoms with Crippen LogP contribution in [0.4, 0.5) is 0 Å². The van der Waals surface area contributed by atoms with Gasteiger partial charge in [0.05, 0.1) is 12.7 Å². The van der Waals surface area contributed by atoms with Crippen LogP contribution in [0.3, 0.4) is 0 Å². The number of benzene rings is 1. The van der Waals surface area contributed by atoms with E-state index in [1.54, 1.807) is 6.92 Å². The number of nitrogens with one attached hydrogen (secondary N) is 1. The number of hydrogen-bond donors (Lipinski definition) is 3. The highest BCUT2D eigenvalue weighted by atomic mass is 32.2. The second kappa shape index (κ2) is 6.69. The quantitative estimate of drug-likeness (QED) is 0.674. The van der Waals surface area contributed by atoms with Gasteiger partial charge < -0.3 is 14.9 Å². The summed E-state index contributed by atoms with van der Waals surface area (Å²) in [6.45, 7) is 1.44. The Morgan fingerprint density at radius 3 is 2.60 bits per heavy atom. The maximum Gasteiger partial charge on any atom is 0.335 e. The average molecular weight is 303 g/mol. The second-order valence-corrected chi connectivity index (χ2v) is 5.89. The van der Waals surface area contributed by atoms with Crippen LogP contribution < -0.4 is 9.46 Å². The van der Waals surface area contributed by atoms with E-state index in [0.29, 0.717) is 0 Å². The summed E-state index contributed by atoms with van der Waals surface area (Å²) in [4.78, 5) is 10.7. The minimum absolute atomic E-state index is 0.0544. The Balaban J connectivity index is 3.21. The molecular weight excluding hydrogens is 286 g/mol. The fourth-order valence-corrected chi connectivity index (χ4v) is 3.07. The first-order chi connectivity index (χ1) is 9.31. The second-order valence-electron chi connectivity index (χ2n) is 4.21. The van der Waals surface area contributed by atoms with Crippen molar-refractivity contribution in [3.05, 3.63) is 23.8 Å². The van der Waals surface area contributed by atoms with E-state index in [2.05, 4.69) is 4.72 Å². The van der Waals surface area contributed by atoms with Gasteiger partial charge in [0, 0.05) is 12.6 Å². The van der Waals surface area contributed by atoms with Crippen molar-refractivity contribution in [1.29, 1.82) is 0 Å². The molecule has 0 heterocycles. The molecule has 1 aromatic carbocycles. The van der Waals surface area contributed by atoms with Crippen LogP contribution in [0.5, 0.6) is 5.75 Å². The first-order valence-electron chi connectivity index (χ1n) is 5.86. The van der Waals surface area contributed by atoms with Crippen molar-refractivity contribution in [2.75, 3.05) is 13.7 Å². The van der Waals surface area contributed by atoms with Crippen LogP contribution in [-0.4, -0.2) is 44.4 Å². The third-order valence-corrected chi connectivity index (χ3v) is 4.23. The summed E-state index contributed by atoms with van der Waals surface area (Å²) in [6, 6.07) is 3.10. The van der Waals surface area contributed by atoms with Gasteiger partial charge in [-0.05, 0) is 31.5 Å². The lowest BCUT2D eigenvalue weighted by Crippen LogP contribution is -2.33. The van der Waals surface area contributed by atoms with Crippen molar-refractivity contribution in [3.63, 3.8) is 0 Å².